The lowest BCUT2D eigenvalue weighted by molar-refractivity contribution is 0.0944. The van der Waals surface area contributed by atoms with E-state index in [9.17, 15) is 4.79 Å². The highest BCUT2D eigenvalue weighted by Gasteiger charge is 2.13. The summed E-state index contributed by atoms with van der Waals surface area (Å²) in [4.78, 5) is 12.6. The highest BCUT2D eigenvalue weighted by atomic mass is 79.9. The molecule has 0 radical (unpaired) electrons. The van der Waals surface area contributed by atoms with Crippen LogP contribution in [0.3, 0.4) is 0 Å². The van der Waals surface area contributed by atoms with E-state index in [0.717, 1.165) is 22.2 Å². The lowest BCUT2D eigenvalue weighted by Gasteiger charge is -2.13. The molecule has 78 valence electrons. The normalized spacial score (nSPS) is 12.5. The van der Waals surface area contributed by atoms with Crippen molar-refractivity contribution in [1.82, 2.24) is 5.32 Å². The summed E-state index contributed by atoms with van der Waals surface area (Å²) in [6, 6.07) is 2.19. The number of nitrogens with one attached hydrogen (secondary N) is 1. The number of thiophene rings is 1. The summed E-state index contributed by atoms with van der Waals surface area (Å²) in [6.45, 7) is 4.02. The van der Waals surface area contributed by atoms with Gasteiger partial charge in [-0.25, -0.2) is 0 Å². The van der Waals surface area contributed by atoms with Crippen molar-refractivity contribution in [3.05, 3.63) is 21.9 Å². The number of halogens is 1. The van der Waals surface area contributed by atoms with Crippen LogP contribution in [0.1, 0.15) is 28.6 Å². The summed E-state index contributed by atoms with van der Waals surface area (Å²) >= 11 is 4.87. The van der Waals surface area contributed by atoms with Crippen LogP contribution in [0.15, 0.2) is 11.4 Å². The second-order valence-corrected chi connectivity index (χ2v) is 4.73. The van der Waals surface area contributed by atoms with Gasteiger partial charge in [0.2, 0.25) is 0 Å². The second kappa shape index (κ2) is 5.51. The van der Waals surface area contributed by atoms with E-state index in [0.29, 0.717) is 0 Å². The van der Waals surface area contributed by atoms with Crippen molar-refractivity contribution >= 4 is 33.2 Å². The zero-order valence-corrected chi connectivity index (χ0v) is 10.7. The Labute approximate surface area is 96.8 Å². The molecule has 0 saturated carbocycles. The minimum absolute atomic E-state index is 0.0452. The molecule has 0 aliphatic rings. The monoisotopic (exact) mass is 275 g/mol. The third kappa shape index (κ3) is 2.82. The number of carbonyl (C=O) groups excluding carboxylic acids is 1. The van der Waals surface area contributed by atoms with E-state index in [1.807, 2.05) is 18.4 Å². The molecule has 14 heavy (non-hydrogen) atoms. The van der Waals surface area contributed by atoms with Crippen molar-refractivity contribution in [2.45, 2.75) is 26.3 Å². The summed E-state index contributed by atoms with van der Waals surface area (Å²) < 4.78 is 0. The lowest BCUT2D eigenvalue weighted by atomic mass is 10.2. The Morgan fingerprint density at radius 3 is 2.86 bits per heavy atom. The average Bonchev–Trinajstić information content (AvgIpc) is 2.60. The van der Waals surface area contributed by atoms with Crippen LogP contribution in [-0.2, 0) is 0 Å². The van der Waals surface area contributed by atoms with Gasteiger partial charge in [0.1, 0.15) is 0 Å². The molecule has 1 aromatic heterocycles. The first-order valence-corrected chi connectivity index (χ1v) is 6.60. The molecule has 1 heterocycles. The quantitative estimate of drug-likeness (QED) is 0.842. The van der Waals surface area contributed by atoms with Gasteiger partial charge in [-0.3, -0.25) is 4.79 Å². The number of alkyl halides is 1. The van der Waals surface area contributed by atoms with Crippen molar-refractivity contribution in [3.63, 3.8) is 0 Å². The van der Waals surface area contributed by atoms with Gasteiger partial charge in [-0.05, 0) is 30.4 Å². The van der Waals surface area contributed by atoms with E-state index in [-0.39, 0.29) is 11.9 Å². The van der Waals surface area contributed by atoms with Gasteiger partial charge in [-0.2, -0.15) is 0 Å². The van der Waals surface area contributed by atoms with Crippen LogP contribution in [-0.4, -0.2) is 17.3 Å². The van der Waals surface area contributed by atoms with Gasteiger partial charge in [-0.15, -0.1) is 11.3 Å². The Bertz CT molecular complexity index is 307. The van der Waals surface area contributed by atoms with Gasteiger partial charge < -0.3 is 5.32 Å². The van der Waals surface area contributed by atoms with Crippen LogP contribution in [0, 0.1) is 6.92 Å². The molecule has 1 N–H and O–H groups in total. The van der Waals surface area contributed by atoms with E-state index in [1.165, 1.54) is 11.3 Å². The van der Waals surface area contributed by atoms with E-state index in [1.54, 1.807) is 0 Å². The maximum Gasteiger partial charge on any atom is 0.261 e. The fourth-order valence-corrected chi connectivity index (χ4v) is 2.55. The molecule has 1 aromatic rings. The minimum Gasteiger partial charge on any atom is -0.348 e. The summed E-state index contributed by atoms with van der Waals surface area (Å²) in [5.41, 5.74) is 1.05. The third-order valence-electron chi connectivity index (χ3n) is 2.08. The maximum atomic E-state index is 11.7. The molecular formula is C10H14BrNOS. The van der Waals surface area contributed by atoms with Gasteiger partial charge in [0, 0.05) is 11.4 Å². The number of aryl methyl sites for hydroxylation is 1. The number of hydrogen-bond donors (Lipinski definition) is 1. The number of rotatable bonds is 4. The van der Waals surface area contributed by atoms with Crippen LogP contribution in [0.5, 0.6) is 0 Å². The van der Waals surface area contributed by atoms with Crippen molar-refractivity contribution in [3.8, 4) is 0 Å². The minimum atomic E-state index is 0.0452. The zero-order valence-electron chi connectivity index (χ0n) is 8.34. The van der Waals surface area contributed by atoms with Crippen LogP contribution >= 0.6 is 27.3 Å². The summed E-state index contributed by atoms with van der Waals surface area (Å²) in [5, 5.41) is 5.73. The smallest absolute Gasteiger partial charge is 0.261 e. The highest BCUT2D eigenvalue weighted by molar-refractivity contribution is 9.09. The van der Waals surface area contributed by atoms with Crippen LogP contribution in [0.4, 0.5) is 0 Å². The fourth-order valence-electron chi connectivity index (χ4n) is 1.11. The Morgan fingerprint density at radius 1 is 1.71 bits per heavy atom. The topological polar surface area (TPSA) is 29.1 Å². The van der Waals surface area contributed by atoms with E-state index in [4.69, 9.17) is 0 Å². The number of carbonyl (C=O) groups is 1. The standard InChI is InChI=1S/C10H14BrNOS/c1-3-8(6-11)12-10(13)9-7(2)4-5-14-9/h4-5,8H,3,6H2,1-2H3,(H,12,13). The zero-order chi connectivity index (χ0) is 10.6. The highest BCUT2D eigenvalue weighted by Crippen LogP contribution is 2.15. The van der Waals surface area contributed by atoms with Crippen molar-refractivity contribution < 1.29 is 4.79 Å². The van der Waals surface area contributed by atoms with Crippen molar-refractivity contribution in [2.75, 3.05) is 5.33 Å². The van der Waals surface area contributed by atoms with Crippen LogP contribution in [0.25, 0.3) is 0 Å². The van der Waals surface area contributed by atoms with Gasteiger partial charge in [0.25, 0.3) is 5.91 Å². The van der Waals surface area contributed by atoms with Gasteiger partial charge in [0.05, 0.1) is 4.88 Å². The largest absolute Gasteiger partial charge is 0.348 e. The maximum absolute atomic E-state index is 11.7. The lowest BCUT2D eigenvalue weighted by Crippen LogP contribution is -2.35. The first-order valence-electron chi connectivity index (χ1n) is 4.60. The van der Waals surface area contributed by atoms with Crippen LogP contribution < -0.4 is 5.32 Å². The molecule has 4 heteroatoms. The molecule has 1 amide bonds. The Hall–Kier alpha value is -0.350. The predicted octanol–water partition coefficient (Wildman–Crippen LogP) is 2.96. The van der Waals surface area contributed by atoms with E-state index >= 15 is 0 Å². The van der Waals surface area contributed by atoms with Crippen LogP contribution in [0.2, 0.25) is 0 Å². The molecule has 0 aliphatic carbocycles. The Morgan fingerprint density at radius 2 is 2.43 bits per heavy atom. The summed E-state index contributed by atoms with van der Waals surface area (Å²) in [7, 11) is 0. The number of amides is 1. The molecule has 0 fully saturated rings. The SMILES string of the molecule is CCC(CBr)NC(=O)c1sccc1C. The molecule has 1 unspecified atom stereocenters. The molecule has 0 aromatic carbocycles. The van der Waals surface area contributed by atoms with Gasteiger partial charge >= 0.3 is 0 Å². The second-order valence-electron chi connectivity index (χ2n) is 3.17. The molecule has 0 saturated heterocycles. The average molecular weight is 276 g/mol. The van der Waals surface area contributed by atoms with Gasteiger partial charge in [0.15, 0.2) is 0 Å². The fraction of sp³-hybridized carbons (Fsp3) is 0.500. The molecular weight excluding hydrogens is 262 g/mol. The van der Waals surface area contributed by atoms with Crippen molar-refractivity contribution in [1.29, 1.82) is 0 Å². The molecule has 0 bridgehead atoms. The predicted molar refractivity (Wildman–Crippen MR) is 64.4 cm³/mol. The Balaban J connectivity index is 2.63. The number of hydrogen-bond acceptors (Lipinski definition) is 2. The molecule has 2 nitrogen and oxygen atoms in total. The molecule has 1 rings (SSSR count). The Kier molecular flexibility index (Phi) is 4.62. The van der Waals surface area contributed by atoms with Gasteiger partial charge in [-0.1, -0.05) is 22.9 Å². The van der Waals surface area contributed by atoms with Crippen molar-refractivity contribution in [2.24, 2.45) is 0 Å². The first-order chi connectivity index (χ1) is 6.69. The third-order valence-corrected chi connectivity index (χ3v) is 3.88. The summed E-state index contributed by atoms with van der Waals surface area (Å²) in [5.74, 6) is 0.0452. The molecule has 0 spiro atoms. The summed E-state index contributed by atoms with van der Waals surface area (Å²) in [6.07, 6.45) is 0.946. The molecule has 0 aliphatic heterocycles. The first kappa shape index (κ1) is 11.7. The van der Waals surface area contributed by atoms with E-state index in [2.05, 4.69) is 28.2 Å². The molecule has 1 atom stereocenters. The van der Waals surface area contributed by atoms with E-state index < -0.39 is 0 Å².